The summed E-state index contributed by atoms with van der Waals surface area (Å²) >= 11 is 0. The van der Waals surface area contributed by atoms with Gasteiger partial charge in [0.15, 0.2) is 6.29 Å². The van der Waals surface area contributed by atoms with Gasteiger partial charge in [-0.15, -0.1) is 0 Å². The van der Waals surface area contributed by atoms with E-state index >= 15 is 0 Å². The molecule has 3 amide bonds. The van der Waals surface area contributed by atoms with Gasteiger partial charge in [0, 0.05) is 25.0 Å². The largest absolute Gasteiger partial charge is 0.383 e. The molecule has 0 bridgehead atoms. The Kier molecular flexibility index (Phi) is 9.25. The first-order chi connectivity index (χ1) is 16.9. The number of nitrogens with one attached hydrogen (secondary N) is 3. The Hall–Kier alpha value is -3.85. The van der Waals surface area contributed by atoms with Crippen LogP contribution in [-0.4, -0.2) is 53.8 Å². The van der Waals surface area contributed by atoms with E-state index in [9.17, 15) is 28.7 Å². The van der Waals surface area contributed by atoms with Crippen molar-refractivity contribution >= 4 is 30.1 Å². The number of aldehydes is 1. The van der Waals surface area contributed by atoms with E-state index in [0.29, 0.717) is 24.8 Å². The molecule has 35 heavy (non-hydrogen) atoms. The molecule has 0 saturated carbocycles. The standard InChI is InChI=1S/C26H28FN3O5/c27-20-9-6-18(7-10-20)14-22(29-24(33)11-8-17-4-2-1-3-5-17)26(35)30-21(23(32)16-31)15-19-12-13-28-25(19)34/h1-11,16,19,21-23,32H,12-15H2,(H,28,34)(H,29,33)(H,30,35)/b11-8+/t19-,21-,22-,23-/m0/s1. The summed E-state index contributed by atoms with van der Waals surface area (Å²) < 4.78 is 13.3. The summed E-state index contributed by atoms with van der Waals surface area (Å²) in [4.78, 5) is 48.9. The molecule has 0 radical (unpaired) electrons. The Bertz CT molecular complexity index is 1060. The molecule has 1 heterocycles. The number of hydrogen-bond acceptors (Lipinski definition) is 5. The third kappa shape index (κ3) is 7.86. The summed E-state index contributed by atoms with van der Waals surface area (Å²) in [6, 6.07) is 12.5. The van der Waals surface area contributed by atoms with Gasteiger partial charge in [-0.05, 0) is 42.2 Å². The van der Waals surface area contributed by atoms with Crippen molar-refractivity contribution in [2.75, 3.05) is 6.54 Å². The molecule has 3 rings (SSSR count). The molecule has 4 N–H and O–H groups in total. The maximum absolute atomic E-state index is 13.3. The van der Waals surface area contributed by atoms with E-state index in [-0.39, 0.29) is 18.7 Å². The number of carbonyl (C=O) groups excluding carboxylic acids is 4. The summed E-state index contributed by atoms with van der Waals surface area (Å²) in [5, 5.41) is 18.1. The van der Waals surface area contributed by atoms with Crippen LogP contribution in [0.4, 0.5) is 4.39 Å². The molecule has 0 spiro atoms. The van der Waals surface area contributed by atoms with Gasteiger partial charge in [-0.1, -0.05) is 42.5 Å². The third-order valence-corrected chi connectivity index (χ3v) is 5.79. The van der Waals surface area contributed by atoms with Gasteiger partial charge in [-0.25, -0.2) is 4.39 Å². The van der Waals surface area contributed by atoms with Crippen LogP contribution >= 0.6 is 0 Å². The Labute approximate surface area is 202 Å². The number of benzene rings is 2. The minimum atomic E-state index is -1.52. The monoisotopic (exact) mass is 481 g/mol. The van der Waals surface area contributed by atoms with E-state index in [1.54, 1.807) is 6.08 Å². The lowest BCUT2D eigenvalue weighted by atomic mass is 9.94. The molecule has 9 heteroatoms. The fraction of sp³-hybridized carbons (Fsp3) is 0.308. The first-order valence-electron chi connectivity index (χ1n) is 11.3. The van der Waals surface area contributed by atoms with Gasteiger partial charge in [0.1, 0.15) is 18.0 Å². The SMILES string of the molecule is O=C[C@H](O)[C@H](C[C@@H]1CCNC1=O)NC(=O)[C@H](Cc1ccc(F)cc1)NC(=O)/C=C/c1ccccc1. The highest BCUT2D eigenvalue weighted by Gasteiger charge is 2.33. The minimum absolute atomic E-state index is 0.0465. The first kappa shape index (κ1) is 25.8. The Balaban J connectivity index is 1.74. The molecule has 1 aliphatic rings. The van der Waals surface area contributed by atoms with Gasteiger partial charge in [0.05, 0.1) is 6.04 Å². The predicted molar refractivity (Wildman–Crippen MR) is 127 cm³/mol. The van der Waals surface area contributed by atoms with Crippen molar-refractivity contribution in [1.82, 2.24) is 16.0 Å². The van der Waals surface area contributed by atoms with E-state index in [1.807, 2.05) is 30.3 Å². The van der Waals surface area contributed by atoms with Crippen LogP contribution in [0.1, 0.15) is 24.0 Å². The molecule has 0 aliphatic carbocycles. The second-order valence-electron chi connectivity index (χ2n) is 8.39. The number of hydrogen-bond donors (Lipinski definition) is 4. The Morgan fingerprint density at radius 2 is 1.83 bits per heavy atom. The van der Waals surface area contributed by atoms with Crippen molar-refractivity contribution in [1.29, 1.82) is 0 Å². The normalized spacial score (nSPS) is 17.9. The van der Waals surface area contributed by atoms with Crippen molar-refractivity contribution in [2.45, 2.75) is 37.5 Å². The Morgan fingerprint density at radius 1 is 1.11 bits per heavy atom. The summed E-state index contributed by atoms with van der Waals surface area (Å²) in [5.41, 5.74) is 1.40. The average Bonchev–Trinajstić information content (AvgIpc) is 3.27. The van der Waals surface area contributed by atoms with Gasteiger partial charge in [0.2, 0.25) is 17.7 Å². The zero-order valence-corrected chi connectivity index (χ0v) is 19.0. The summed E-state index contributed by atoms with van der Waals surface area (Å²) in [6.07, 6.45) is 2.31. The molecule has 0 aromatic heterocycles. The molecule has 0 unspecified atom stereocenters. The van der Waals surface area contributed by atoms with Crippen molar-refractivity contribution in [3.05, 3.63) is 77.6 Å². The smallest absolute Gasteiger partial charge is 0.244 e. The lowest BCUT2D eigenvalue weighted by Crippen LogP contribution is -2.54. The van der Waals surface area contributed by atoms with Crippen molar-refractivity contribution in [3.8, 4) is 0 Å². The molecule has 1 aliphatic heterocycles. The average molecular weight is 482 g/mol. The Morgan fingerprint density at radius 3 is 2.46 bits per heavy atom. The maximum atomic E-state index is 13.3. The van der Waals surface area contributed by atoms with Crippen LogP contribution in [0.3, 0.4) is 0 Å². The molecule has 2 aromatic rings. The molecule has 8 nitrogen and oxygen atoms in total. The van der Waals surface area contributed by atoms with Crippen LogP contribution in [0.2, 0.25) is 0 Å². The van der Waals surface area contributed by atoms with Gasteiger partial charge in [-0.2, -0.15) is 0 Å². The lowest BCUT2D eigenvalue weighted by molar-refractivity contribution is -0.130. The van der Waals surface area contributed by atoms with Gasteiger partial charge in [0.25, 0.3) is 0 Å². The molecule has 184 valence electrons. The molecule has 2 aromatic carbocycles. The predicted octanol–water partition coefficient (Wildman–Crippen LogP) is 1.14. The number of aliphatic hydroxyl groups excluding tert-OH is 1. The van der Waals surface area contributed by atoms with E-state index in [0.717, 1.165) is 5.56 Å². The summed E-state index contributed by atoms with van der Waals surface area (Å²) in [6.45, 7) is 0.484. The highest BCUT2D eigenvalue weighted by molar-refractivity contribution is 5.95. The fourth-order valence-corrected chi connectivity index (χ4v) is 3.86. The van der Waals surface area contributed by atoms with Crippen LogP contribution in [0.25, 0.3) is 6.08 Å². The van der Waals surface area contributed by atoms with E-state index in [2.05, 4.69) is 16.0 Å². The van der Waals surface area contributed by atoms with Crippen LogP contribution in [0, 0.1) is 11.7 Å². The van der Waals surface area contributed by atoms with Crippen molar-refractivity contribution in [3.63, 3.8) is 0 Å². The molecule has 4 atom stereocenters. The van der Waals surface area contributed by atoms with Crippen LogP contribution in [0.5, 0.6) is 0 Å². The number of halogens is 1. The van der Waals surface area contributed by atoms with Crippen molar-refractivity contribution < 1.29 is 28.7 Å². The van der Waals surface area contributed by atoms with E-state index < -0.39 is 41.7 Å². The topological polar surface area (TPSA) is 125 Å². The fourth-order valence-electron chi connectivity index (χ4n) is 3.86. The second-order valence-corrected chi connectivity index (χ2v) is 8.39. The van der Waals surface area contributed by atoms with E-state index in [1.165, 1.54) is 30.3 Å². The third-order valence-electron chi connectivity index (χ3n) is 5.79. The van der Waals surface area contributed by atoms with Crippen molar-refractivity contribution in [2.24, 2.45) is 5.92 Å². The first-order valence-corrected chi connectivity index (χ1v) is 11.3. The lowest BCUT2D eigenvalue weighted by Gasteiger charge is -2.26. The molecule has 1 fully saturated rings. The summed E-state index contributed by atoms with van der Waals surface area (Å²) in [7, 11) is 0. The zero-order valence-electron chi connectivity index (χ0n) is 19.0. The zero-order chi connectivity index (χ0) is 25.2. The van der Waals surface area contributed by atoms with Gasteiger partial charge >= 0.3 is 0 Å². The minimum Gasteiger partial charge on any atom is -0.383 e. The quantitative estimate of drug-likeness (QED) is 0.283. The number of amides is 3. The van der Waals surface area contributed by atoms with Crippen LogP contribution in [0.15, 0.2) is 60.7 Å². The van der Waals surface area contributed by atoms with Crippen LogP contribution < -0.4 is 16.0 Å². The second kappa shape index (κ2) is 12.6. The highest BCUT2D eigenvalue weighted by atomic mass is 19.1. The highest BCUT2D eigenvalue weighted by Crippen LogP contribution is 2.18. The van der Waals surface area contributed by atoms with Crippen LogP contribution in [-0.2, 0) is 25.6 Å². The number of rotatable bonds is 11. The van der Waals surface area contributed by atoms with E-state index in [4.69, 9.17) is 0 Å². The summed E-state index contributed by atoms with van der Waals surface area (Å²) in [5.74, 6) is -2.26. The van der Waals surface area contributed by atoms with Gasteiger partial charge in [-0.3, -0.25) is 14.4 Å². The molecule has 1 saturated heterocycles. The molecular formula is C26H28FN3O5. The van der Waals surface area contributed by atoms with Gasteiger partial charge < -0.3 is 25.9 Å². The maximum Gasteiger partial charge on any atom is 0.244 e. The number of aliphatic hydroxyl groups is 1. The number of carbonyl (C=O) groups is 4. The molecular weight excluding hydrogens is 453 g/mol.